The Balaban J connectivity index is 2.04. The Morgan fingerprint density at radius 2 is 2.33 bits per heavy atom. The van der Waals surface area contributed by atoms with E-state index in [4.69, 9.17) is 11.6 Å². The Morgan fingerprint density at radius 1 is 1.52 bits per heavy atom. The average molecular weight is 311 g/mol. The number of pyridine rings is 1. The standard InChI is InChI=1S/C15H23ClN4O/c1-3-17-14-8-12(13(16)9-18-14)15(21)19-11-6-5-7-20(4-2)10-11/h8-9,11H,3-7,10H2,1-2H3,(H,17,18)(H,19,21). The van der Waals surface area contributed by atoms with Crippen LogP contribution in [0.25, 0.3) is 0 Å². The van der Waals surface area contributed by atoms with Gasteiger partial charge in [0.15, 0.2) is 0 Å². The van der Waals surface area contributed by atoms with Gasteiger partial charge in [0.25, 0.3) is 5.91 Å². The molecule has 1 fully saturated rings. The third kappa shape index (κ3) is 4.32. The Labute approximate surface area is 131 Å². The molecule has 1 amide bonds. The maximum atomic E-state index is 12.4. The molecule has 1 saturated heterocycles. The summed E-state index contributed by atoms with van der Waals surface area (Å²) in [5.74, 6) is 0.551. The van der Waals surface area contributed by atoms with Crippen LogP contribution < -0.4 is 10.6 Å². The first-order valence-electron chi connectivity index (χ1n) is 7.56. The van der Waals surface area contributed by atoms with Gasteiger partial charge in [-0.05, 0) is 38.9 Å². The van der Waals surface area contributed by atoms with Crippen LogP contribution in [0.3, 0.4) is 0 Å². The van der Waals surface area contributed by atoms with Crippen molar-refractivity contribution in [1.29, 1.82) is 0 Å². The van der Waals surface area contributed by atoms with E-state index in [1.165, 1.54) is 6.20 Å². The van der Waals surface area contributed by atoms with Crippen LogP contribution >= 0.6 is 11.6 Å². The van der Waals surface area contributed by atoms with Crippen molar-refractivity contribution in [2.45, 2.75) is 32.7 Å². The summed E-state index contributed by atoms with van der Waals surface area (Å²) in [4.78, 5) is 18.9. The maximum absolute atomic E-state index is 12.4. The van der Waals surface area contributed by atoms with Crippen molar-refractivity contribution in [3.63, 3.8) is 0 Å². The lowest BCUT2D eigenvalue weighted by atomic mass is 10.1. The normalized spacial score (nSPS) is 19.3. The molecule has 0 aliphatic carbocycles. The van der Waals surface area contributed by atoms with Crippen molar-refractivity contribution in [2.24, 2.45) is 0 Å². The average Bonchev–Trinajstić information content (AvgIpc) is 2.49. The number of hydrogen-bond donors (Lipinski definition) is 2. The van der Waals surface area contributed by atoms with Crippen molar-refractivity contribution >= 4 is 23.3 Å². The summed E-state index contributed by atoms with van der Waals surface area (Å²) in [6.45, 7) is 7.93. The highest BCUT2D eigenvalue weighted by molar-refractivity contribution is 6.33. The molecule has 1 atom stereocenters. The van der Waals surface area contributed by atoms with Crippen LogP contribution in [-0.2, 0) is 0 Å². The van der Waals surface area contributed by atoms with E-state index >= 15 is 0 Å². The van der Waals surface area contributed by atoms with Crippen molar-refractivity contribution < 1.29 is 4.79 Å². The summed E-state index contributed by atoms with van der Waals surface area (Å²) in [6.07, 6.45) is 3.66. The van der Waals surface area contributed by atoms with Gasteiger partial charge in [-0.15, -0.1) is 0 Å². The van der Waals surface area contributed by atoms with Crippen molar-refractivity contribution in [1.82, 2.24) is 15.2 Å². The zero-order chi connectivity index (χ0) is 15.2. The van der Waals surface area contributed by atoms with E-state index in [2.05, 4.69) is 27.4 Å². The van der Waals surface area contributed by atoms with Gasteiger partial charge in [-0.1, -0.05) is 18.5 Å². The Kier molecular flexibility index (Phi) is 5.82. The van der Waals surface area contributed by atoms with E-state index in [1.807, 2.05) is 6.92 Å². The molecule has 0 radical (unpaired) electrons. The number of aromatic nitrogens is 1. The number of piperidine rings is 1. The molecule has 1 aliphatic rings. The largest absolute Gasteiger partial charge is 0.370 e. The number of nitrogens with zero attached hydrogens (tertiary/aromatic N) is 2. The van der Waals surface area contributed by atoms with Gasteiger partial charge < -0.3 is 15.5 Å². The molecule has 0 saturated carbocycles. The zero-order valence-corrected chi connectivity index (χ0v) is 13.4. The SMILES string of the molecule is CCNc1cc(C(=O)NC2CCCN(CC)C2)c(Cl)cn1. The second-order valence-corrected chi connectivity index (χ2v) is 5.69. The number of amides is 1. The van der Waals surface area contributed by atoms with Gasteiger partial charge in [-0.3, -0.25) is 4.79 Å². The lowest BCUT2D eigenvalue weighted by Gasteiger charge is -2.32. The van der Waals surface area contributed by atoms with Crippen LogP contribution in [0.4, 0.5) is 5.82 Å². The summed E-state index contributed by atoms with van der Waals surface area (Å²) >= 11 is 6.10. The summed E-state index contributed by atoms with van der Waals surface area (Å²) < 4.78 is 0. The lowest BCUT2D eigenvalue weighted by Crippen LogP contribution is -2.47. The highest BCUT2D eigenvalue weighted by atomic mass is 35.5. The van der Waals surface area contributed by atoms with Gasteiger partial charge in [0.1, 0.15) is 5.82 Å². The summed E-state index contributed by atoms with van der Waals surface area (Å²) in [7, 11) is 0. The van der Waals surface area contributed by atoms with E-state index in [9.17, 15) is 4.79 Å². The predicted octanol–water partition coefficient (Wildman–Crippen LogP) is 2.38. The van der Waals surface area contributed by atoms with Crippen LogP contribution in [0.1, 0.15) is 37.0 Å². The highest BCUT2D eigenvalue weighted by Gasteiger charge is 2.22. The molecule has 0 spiro atoms. The molecule has 2 rings (SSSR count). The Morgan fingerprint density at radius 3 is 3.05 bits per heavy atom. The van der Waals surface area contributed by atoms with E-state index in [0.717, 1.165) is 39.0 Å². The zero-order valence-electron chi connectivity index (χ0n) is 12.7. The van der Waals surface area contributed by atoms with Gasteiger partial charge in [-0.25, -0.2) is 4.98 Å². The van der Waals surface area contributed by atoms with Crippen LogP contribution in [0.2, 0.25) is 5.02 Å². The fourth-order valence-electron chi connectivity index (χ4n) is 2.61. The first-order chi connectivity index (χ1) is 10.1. The minimum atomic E-state index is -0.121. The Hall–Kier alpha value is -1.33. The van der Waals surface area contributed by atoms with Gasteiger partial charge in [0.05, 0.1) is 10.6 Å². The number of halogens is 1. The number of anilines is 1. The van der Waals surface area contributed by atoms with Gasteiger partial charge in [0, 0.05) is 25.3 Å². The molecule has 2 N–H and O–H groups in total. The molecule has 21 heavy (non-hydrogen) atoms. The smallest absolute Gasteiger partial charge is 0.253 e. The maximum Gasteiger partial charge on any atom is 0.253 e. The van der Waals surface area contributed by atoms with Crippen molar-refractivity contribution in [2.75, 3.05) is 31.5 Å². The third-order valence-electron chi connectivity index (χ3n) is 3.75. The number of nitrogens with one attached hydrogen (secondary N) is 2. The minimum Gasteiger partial charge on any atom is -0.370 e. The number of hydrogen-bond acceptors (Lipinski definition) is 4. The molecule has 1 aromatic heterocycles. The van der Waals surface area contributed by atoms with Crippen LogP contribution in [0.5, 0.6) is 0 Å². The molecular formula is C15H23ClN4O. The second kappa shape index (κ2) is 7.61. The van der Waals surface area contributed by atoms with E-state index < -0.39 is 0 Å². The summed E-state index contributed by atoms with van der Waals surface area (Å²) in [6, 6.07) is 1.90. The molecule has 0 aromatic carbocycles. The highest BCUT2D eigenvalue weighted by Crippen LogP contribution is 2.19. The first kappa shape index (κ1) is 16.0. The predicted molar refractivity (Wildman–Crippen MR) is 86.0 cm³/mol. The lowest BCUT2D eigenvalue weighted by molar-refractivity contribution is 0.0906. The first-order valence-corrected chi connectivity index (χ1v) is 7.94. The quantitative estimate of drug-likeness (QED) is 0.877. The molecule has 1 unspecified atom stereocenters. The van der Waals surface area contributed by atoms with Crippen LogP contribution in [-0.4, -0.2) is 48.0 Å². The number of carbonyl (C=O) groups excluding carboxylic acids is 1. The third-order valence-corrected chi connectivity index (χ3v) is 4.05. The van der Waals surface area contributed by atoms with Gasteiger partial charge in [0.2, 0.25) is 0 Å². The molecule has 116 valence electrons. The Bertz CT molecular complexity index is 495. The fourth-order valence-corrected chi connectivity index (χ4v) is 2.80. The van der Waals surface area contributed by atoms with Gasteiger partial charge >= 0.3 is 0 Å². The molecule has 0 bridgehead atoms. The monoisotopic (exact) mass is 310 g/mol. The van der Waals surface area contributed by atoms with Crippen molar-refractivity contribution in [3.8, 4) is 0 Å². The topological polar surface area (TPSA) is 57.3 Å². The molecule has 6 heteroatoms. The number of carbonyl (C=O) groups is 1. The second-order valence-electron chi connectivity index (χ2n) is 5.29. The van der Waals surface area contributed by atoms with E-state index in [1.54, 1.807) is 6.07 Å². The van der Waals surface area contributed by atoms with E-state index in [-0.39, 0.29) is 11.9 Å². The van der Waals surface area contributed by atoms with Crippen LogP contribution in [0.15, 0.2) is 12.3 Å². The van der Waals surface area contributed by atoms with E-state index in [0.29, 0.717) is 16.4 Å². The fraction of sp³-hybridized carbons (Fsp3) is 0.600. The molecule has 2 heterocycles. The van der Waals surface area contributed by atoms with Gasteiger partial charge in [-0.2, -0.15) is 0 Å². The molecular weight excluding hydrogens is 288 g/mol. The number of likely N-dealkylation sites (tertiary alicyclic amines) is 1. The minimum absolute atomic E-state index is 0.121. The summed E-state index contributed by atoms with van der Waals surface area (Å²) in [5.41, 5.74) is 0.483. The van der Waals surface area contributed by atoms with Crippen molar-refractivity contribution in [3.05, 3.63) is 22.8 Å². The number of likely N-dealkylation sites (N-methyl/N-ethyl adjacent to an activating group) is 1. The summed E-state index contributed by atoms with van der Waals surface area (Å²) in [5, 5.41) is 6.57. The molecule has 5 nitrogen and oxygen atoms in total. The molecule has 1 aliphatic heterocycles. The molecule has 1 aromatic rings. The number of rotatable bonds is 5. The van der Waals surface area contributed by atoms with Crippen LogP contribution in [0, 0.1) is 0 Å².